The molecule has 1 fully saturated rings. The molecular formula is C32H40BrFN4O5. The number of carbonyl (C=O) groups excluding carboxylic acids is 2. The molecule has 0 spiro atoms. The molecule has 11 heteroatoms. The summed E-state index contributed by atoms with van der Waals surface area (Å²) < 4.78 is 32.0. The van der Waals surface area contributed by atoms with Crippen LogP contribution in [0.3, 0.4) is 0 Å². The van der Waals surface area contributed by atoms with Crippen molar-refractivity contribution in [2.24, 2.45) is 0 Å². The van der Waals surface area contributed by atoms with E-state index in [1.807, 2.05) is 26.8 Å². The van der Waals surface area contributed by atoms with Crippen LogP contribution >= 0.6 is 17.0 Å². The molecule has 2 aliphatic rings. The summed E-state index contributed by atoms with van der Waals surface area (Å²) in [5.74, 6) is -0.157. The smallest absolute Gasteiger partial charge is 0.222 e. The Hall–Kier alpha value is -3.65. The maximum Gasteiger partial charge on any atom is 0.222 e. The van der Waals surface area contributed by atoms with E-state index in [2.05, 4.69) is 6.07 Å². The van der Waals surface area contributed by atoms with Crippen LogP contribution < -0.4 is 14.2 Å². The molecule has 232 valence electrons. The summed E-state index contributed by atoms with van der Waals surface area (Å²) in [6.45, 7) is 7.43. The molecule has 9 nitrogen and oxygen atoms in total. The minimum absolute atomic E-state index is 0. The summed E-state index contributed by atoms with van der Waals surface area (Å²) in [6, 6.07) is 7.37. The first kappa shape index (κ1) is 33.8. The van der Waals surface area contributed by atoms with Crippen molar-refractivity contribution in [2.45, 2.75) is 71.4 Å². The second kappa shape index (κ2) is 14.2. The number of carbonyl (C=O) groups is 2. The third kappa shape index (κ3) is 7.29. The van der Waals surface area contributed by atoms with Crippen molar-refractivity contribution in [3.05, 3.63) is 51.8 Å². The number of nitrogens with zero attached hydrogens (tertiary/aromatic N) is 3. The van der Waals surface area contributed by atoms with Crippen LogP contribution in [0, 0.1) is 22.6 Å². The van der Waals surface area contributed by atoms with Gasteiger partial charge in [-0.05, 0) is 48.4 Å². The molecule has 43 heavy (non-hydrogen) atoms. The first-order valence-electron chi connectivity index (χ1n) is 14.3. The van der Waals surface area contributed by atoms with Crippen LogP contribution in [0.1, 0.15) is 85.5 Å². The largest absolute Gasteiger partial charge is 0.493 e. The molecule has 2 aromatic rings. The number of ketones is 1. The molecule has 0 radical (unpaired) electrons. The lowest BCUT2D eigenvalue weighted by molar-refractivity contribution is -0.133. The molecule has 0 aromatic heterocycles. The number of hydrogen-bond acceptors (Lipinski definition) is 7. The monoisotopic (exact) mass is 658 g/mol. The van der Waals surface area contributed by atoms with E-state index in [-0.39, 0.29) is 64.7 Å². The van der Waals surface area contributed by atoms with E-state index in [1.54, 1.807) is 17.0 Å². The highest BCUT2D eigenvalue weighted by Gasteiger charge is 2.34. The number of amidine groups is 1. The lowest BCUT2D eigenvalue weighted by atomic mass is 9.83. The topological polar surface area (TPSA) is 116 Å². The number of amides is 1. The standard InChI is InChI=1S/C32H39FN4O5.BrH/c1-32(2,3)23-15-20(14-22(29(23)42-13-9-7-11-34)18-36-12-8-6-10-26(36)39)24(38)19-37-17-21-16-25(40-4)30(41-5)28(33)27(21)31(37)35;/h14-16,35H,6-10,12-13,17-19H2,1-5H3;1H. The van der Waals surface area contributed by atoms with Gasteiger partial charge in [0.15, 0.2) is 23.1 Å². The summed E-state index contributed by atoms with van der Waals surface area (Å²) in [7, 11) is 2.76. The zero-order valence-corrected chi connectivity index (χ0v) is 27.2. The highest BCUT2D eigenvalue weighted by atomic mass is 79.9. The molecule has 0 bridgehead atoms. The van der Waals surface area contributed by atoms with Gasteiger partial charge in [-0.25, -0.2) is 4.39 Å². The Bertz CT molecular complexity index is 1430. The van der Waals surface area contributed by atoms with E-state index in [0.717, 1.165) is 24.0 Å². The molecule has 2 aliphatic heterocycles. The number of methoxy groups -OCH3 is 2. The van der Waals surface area contributed by atoms with E-state index >= 15 is 4.39 Å². The first-order chi connectivity index (χ1) is 20.0. The van der Waals surface area contributed by atoms with Crippen LogP contribution in [0.5, 0.6) is 17.2 Å². The van der Waals surface area contributed by atoms with E-state index in [0.29, 0.717) is 55.8 Å². The van der Waals surface area contributed by atoms with Gasteiger partial charge in [-0.2, -0.15) is 5.26 Å². The molecule has 1 saturated heterocycles. The summed E-state index contributed by atoms with van der Waals surface area (Å²) in [4.78, 5) is 29.8. The molecule has 2 aromatic carbocycles. The quantitative estimate of drug-likeness (QED) is 0.235. The molecule has 4 rings (SSSR count). The Morgan fingerprint density at radius 2 is 1.86 bits per heavy atom. The SMILES string of the molecule is Br.COc1cc2c(c(F)c1OC)C(=N)N(CC(=O)c1cc(CN3CCCCC3=O)c(OCCCC#N)c(C(C)(C)C)c1)C2. The number of benzene rings is 2. The molecular weight excluding hydrogens is 619 g/mol. The van der Waals surface area contributed by atoms with Crippen molar-refractivity contribution in [1.82, 2.24) is 9.80 Å². The maximum atomic E-state index is 15.3. The lowest BCUT2D eigenvalue weighted by Gasteiger charge is -2.30. The van der Waals surface area contributed by atoms with Crippen LogP contribution in [0.4, 0.5) is 4.39 Å². The van der Waals surface area contributed by atoms with Gasteiger partial charge in [-0.15, -0.1) is 17.0 Å². The van der Waals surface area contributed by atoms with Gasteiger partial charge in [-0.3, -0.25) is 15.0 Å². The molecule has 1 N–H and O–H groups in total. The van der Waals surface area contributed by atoms with E-state index in [4.69, 9.17) is 24.9 Å². The molecule has 1 amide bonds. The predicted octanol–water partition coefficient (Wildman–Crippen LogP) is 5.94. The van der Waals surface area contributed by atoms with Crippen molar-refractivity contribution >= 4 is 34.5 Å². The first-order valence-corrected chi connectivity index (χ1v) is 14.3. The Morgan fingerprint density at radius 1 is 1.12 bits per heavy atom. The second-order valence-corrected chi connectivity index (χ2v) is 11.7. The molecule has 0 unspecified atom stereocenters. The Labute approximate surface area is 263 Å². The van der Waals surface area contributed by atoms with Crippen LogP contribution in [-0.2, 0) is 23.3 Å². The fraction of sp³-hybridized carbons (Fsp3) is 0.500. The van der Waals surface area contributed by atoms with Crippen molar-refractivity contribution < 1.29 is 28.2 Å². The van der Waals surface area contributed by atoms with Crippen molar-refractivity contribution in [3.63, 3.8) is 0 Å². The van der Waals surface area contributed by atoms with E-state index < -0.39 is 11.2 Å². The zero-order valence-electron chi connectivity index (χ0n) is 25.5. The Morgan fingerprint density at radius 3 is 2.49 bits per heavy atom. The highest BCUT2D eigenvalue weighted by molar-refractivity contribution is 8.93. The maximum absolute atomic E-state index is 15.3. The number of piperidine rings is 1. The number of nitriles is 1. The van der Waals surface area contributed by atoms with Gasteiger partial charge in [0, 0.05) is 49.2 Å². The van der Waals surface area contributed by atoms with Gasteiger partial charge in [0.1, 0.15) is 11.6 Å². The van der Waals surface area contributed by atoms with Gasteiger partial charge < -0.3 is 24.0 Å². The van der Waals surface area contributed by atoms with Crippen molar-refractivity contribution in [3.8, 4) is 23.3 Å². The van der Waals surface area contributed by atoms with Gasteiger partial charge in [-0.1, -0.05) is 20.8 Å². The predicted molar refractivity (Wildman–Crippen MR) is 166 cm³/mol. The Balaban J connectivity index is 0.00000506. The van der Waals surface area contributed by atoms with Gasteiger partial charge in [0.2, 0.25) is 5.91 Å². The van der Waals surface area contributed by atoms with Gasteiger partial charge in [0.25, 0.3) is 0 Å². The van der Waals surface area contributed by atoms with Crippen molar-refractivity contribution in [1.29, 1.82) is 10.7 Å². The molecule has 0 aliphatic carbocycles. The lowest BCUT2D eigenvalue weighted by Crippen LogP contribution is -2.35. The number of unbranched alkanes of at least 4 members (excludes halogenated alkanes) is 1. The van der Waals surface area contributed by atoms with Gasteiger partial charge in [0.05, 0.1) is 39.0 Å². The number of rotatable bonds is 11. The second-order valence-electron chi connectivity index (χ2n) is 11.7. The van der Waals surface area contributed by atoms with Crippen LogP contribution in [-0.4, -0.2) is 61.2 Å². The Kier molecular flexibility index (Phi) is 11.2. The number of ether oxygens (including phenoxy) is 3. The molecule has 2 heterocycles. The average molecular weight is 660 g/mol. The summed E-state index contributed by atoms with van der Waals surface area (Å²) in [6.07, 6.45) is 3.20. The van der Waals surface area contributed by atoms with Crippen LogP contribution in [0.2, 0.25) is 0 Å². The number of hydrogen-bond donors (Lipinski definition) is 1. The third-order valence-corrected chi connectivity index (χ3v) is 7.70. The molecule has 0 saturated carbocycles. The van der Waals surface area contributed by atoms with Crippen molar-refractivity contribution in [2.75, 3.05) is 33.9 Å². The number of likely N-dealkylation sites (tertiary alicyclic amines) is 1. The van der Waals surface area contributed by atoms with E-state index in [1.165, 1.54) is 19.1 Å². The number of nitrogens with one attached hydrogen (secondary N) is 1. The summed E-state index contributed by atoms with van der Waals surface area (Å²) in [5.41, 5.74) is 2.24. The number of Topliss-reactive ketones (excluding diaryl/α,β-unsaturated/α-hetero) is 1. The fourth-order valence-corrected chi connectivity index (χ4v) is 5.48. The zero-order chi connectivity index (χ0) is 30.6. The fourth-order valence-electron chi connectivity index (χ4n) is 5.48. The summed E-state index contributed by atoms with van der Waals surface area (Å²) in [5, 5.41) is 17.6. The summed E-state index contributed by atoms with van der Waals surface area (Å²) >= 11 is 0. The number of halogens is 2. The number of fused-ring (bicyclic) bond motifs is 1. The highest BCUT2D eigenvalue weighted by Crippen LogP contribution is 2.40. The van der Waals surface area contributed by atoms with Crippen LogP contribution in [0.15, 0.2) is 18.2 Å². The normalized spacial score (nSPS) is 14.6. The van der Waals surface area contributed by atoms with Crippen LogP contribution in [0.25, 0.3) is 0 Å². The average Bonchev–Trinajstić information content (AvgIpc) is 3.26. The van der Waals surface area contributed by atoms with Gasteiger partial charge >= 0.3 is 0 Å². The molecule has 0 atom stereocenters. The third-order valence-electron chi connectivity index (χ3n) is 7.70. The van der Waals surface area contributed by atoms with E-state index in [9.17, 15) is 9.59 Å². The minimum atomic E-state index is -0.687. The minimum Gasteiger partial charge on any atom is -0.493 e.